The second kappa shape index (κ2) is 4.27. The van der Waals surface area contributed by atoms with Gasteiger partial charge in [0.2, 0.25) is 0 Å². The van der Waals surface area contributed by atoms with Gasteiger partial charge in [-0.3, -0.25) is 10.3 Å². The molecule has 0 amide bonds. The van der Waals surface area contributed by atoms with Gasteiger partial charge >= 0.3 is 20.1 Å². The van der Waals surface area contributed by atoms with Crippen molar-refractivity contribution >= 4 is 58.2 Å². The van der Waals surface area contributed by atoms with E-state index in [0.29, 0.717) is 0 Å². The summed E-state index contributed by atoms with van der Waals surface area (Å²) in [7, 11) is 0. The van der Waals surface area contributed by atoms with Crippen LogP contribution in [-0.4, -0.2) is 61.6 Å². The molecule has 0 aliphatic heterocycles. The molecule has 0 aliphatic carbocycles. The van der Waals surface area contributed by atoms with Crippen LogP contribution in [0, 0.1) is 0 Å². The molecule has 0 saturated carbocycles. The Morgan fingerprint density at radius 3 is 1.17 bits per heavy atom. The summed E-state index contributed by atoms with van der Waals surface area (Å²) in [6, 6.07) is 0. The molecular weight excluding hydrogens is 276 g/mol. The van der Waals surface area contributed by atoms with Crippen molar-refractivity contribution in [1.82, 2.24) is 0 Å². The zero-order valence-electron chi connectivity index (χ0n) is 3.05. The van der Waals surface area contributed by atoms with Crippen molar-refractivity contribution in [3.05, 3.63) is 0 Å². The van der Waals surface area contributed by atoms with E-state index in [1.54, 1.807) is 0 Å². The Bertz CT molecular complexity index is 23.0. The molecule has 0 unspecified atom stereocenters. The molecule has 0 heterocycles. The Balaban J connectivity index is 0. The van der Waals surface area contributed by atoms with Crippen molar-refractivity contribution in [2.75, 3.05) is 0 Å². The van der Waals surface area contributed by atoms with Gasteiger partial charge in [0, 0.05) is 61.6 Å². The topological polar surface area (TPSA) is 89.4 Å². The third-order valence-corrected chi connectivity index (χ3v) is 0. The molecule has 0 aromatic carbocycles. The van der Waals surface area contributed by atoms with Crippen LogP contribution in [0.5, 0.6) is 0 Å². The molecule has 0 aromatic heterocycles. The van der Waals surface area contributed by atoms with Crippen LogP contribution in [0.15, 0.2) is 0 Å². The van der Waals surface area contributed by atoms with Crippen molar-refractivity contribution in [3.8, 4) is 0 Å². The van der Waals surface area contributed by atoms with Crippen LogP contribution in [0.4, 0.5) is 0 Å². The SMILES string of the molecule is [O-][I+3]([O-])([O-])O.[Rb]. The third kappa shape index (κ3) is 32.7. The van der Waals surface area contributed by atoms with Gasteiger partial charge in [0.05, 0.1) is 0 Å². The maximum atomic E-state index is 8.73. The molecule has 6 heteroatoms. The van der Waals surface area contributed by atoms with E-state index in [-0.39, 0.29) is 58.2 Å². The van der Waals surface area contributed by atoms with Crippen LogP contribution < -0.4 is 30.4 Å². The maximum Gasteiger partial charge on any atom is 0.368 e. The number of hydrogen-bond donors (Lipinski definition) is 1. The number of rotatable bonds is 0. The predicted octanol–water partition coefficient (Wildman–Crippen LogP) is -7.50. The Labute approximate surface area is 89.7 Å². The first-order valence-corrected chi connectivity index (χ1v) is 4.24. The van der Waals surface area contributed by atoms with Crippen molar-refractivity contribution < 1.29 is 33.8 Å². The van der Waals surface area contributed by atoms with Crippen LogP contribution in [0.1, 0.15) is 0 Å². The fourth-order valence-electron chi connectivity index (χ4n) is 0. The molecule has 1 N–H and O–H groups in total. The Hall–Kier alpha value is 2.38. The van der Waals surface area contributed by atoms with Crippen LogP contribution in [0.2, 0.25) is 0 Å². The molecule has 4 nitrogen and oxygen atoms in total. The summed E-state index contributed by atoms with van der Waals surface area (Å²) in [5.74, 6) is 0. The van der Waals surface area contributed by atoms with E-state index in [1.807, 2.05) is 0 Å². The molecule has 6 heavy (non-hydrogen) atoms. The van der Waals surface area contributed by atoms with Gasteiger partial charge in [-0.2, -0.15) is 0 Å². The summed E-state index contributed by atoms with van der Waals surface area (Å²) in [6.45, 7) is 0. The van der Waals surface area contributed by atoms with E-state index in [4.69, 9.17) is 13.7 Å². The van der Waals surface area contributed by atoms with Crippen molar-refractivity contribution in [2.24, 2.45) is 0 Å². The standard InChI is InChI=1S/HIO4.Rb/c2-1(3,4)5;/h2H;. The molecule has 33 valence electrons. The van der Waals surface area contributed by atoms with Gasteiger partial charge < -0.3 is 0 Å². The quantitative estimate of drug-likeness (QED) is 0.445. The molecular formula is HIO4Rb. The summed E-state index contributed by atoms with van der Waals surface area (Å²) in [5.41, 5.74) is 0. The Morgan fingerprint density at radius 1 is 1.17 bits per heavy atom. The molecule has 0 saturated heterocycles. The smallest absolute Gasteiger partial charge is 0.256 e. The number of halogens is 1. The molecule has 0 atom stereocenters. The van der Waals surface area contributed by atoms with E-state index in [9.17, 15) is 0 Å². The van der Waals surface area contributed by atoms with Crippen molar-refractivity contribution in [1.29, 1.82) is 0 Å². The third-order valence-electron chi connectivity index (χ3n) is 0. The second-order valence-electron chi connectivity index (χ2n) is 0.396. The first kappa shape index (κ1) is 11.2. The molecule has 0 aliphatic rings. The van der Waals surface area contributed by atoms with Gasteiger partial charge in [0.15, 0.2) is 0 Å². The molecule has 0 fully saturated rings. The van der Waals surface area contributed by atoms with Crippen molar-refractivity contribution in [3.63, 3.8) is 0 Å². The fourth-order valence-corrected chi connectivity index (χ4v) is 0. The summed E-state index contributed by atoms with van der Waals surface area (Å²) in [4.78, 5) is 0. The number of hydrogen-bond acceptors (Lipinski definition) is 4. The van der Waals surface area contributed by atoms with Crippen LogP contribution in [0.25, 0.3) is 0 Å². The predicted molar refractivity (Wildman–Crippen MR) is 7.97 cm³/mol. The molecule has 0 aromatic rings. The van der Waals surface area contributed by atoms with Gasteiger partial charge in [-0.15, -0.1) is 0 Å². The zero-order chi connectivity index (χ0) is 4.50. The summed E-state index contributed by atoms with van der Waals surface area (Å²) in [6.07, 6.45) is 0. The normalized spacial score (nSPS) is 10.0. The van der Waals surface area contributed by atoms with Gasteiger partial charge in [-0.1, -0.05) is 0 Å². The monoisotopic (exact) mass is 277 g/mol. The average molecular weight is 277 g/mol. The first-order chi connectivity index (χ1) is 2.00. The largest absolute Gasteiger partial charge is 0.368 e. The van der Waals surface area contributed by atoms with Gasteiger partial charge in [0.25, 0.3) is 0 Å². The van der Waals surface area contributed by atoms with E-state index in [1.165, 1.54) is 0 Å². The van der Waals surface area contributed by atoms with E-state index in [2.05, 4.69) is 0 Å². The van der Waals surface area contributed by atoms with Crippen LogP contribution in [0.3, 0.4) is 0 Å². The minimum Gasteiger partial charge on any atom is -0.256 e. The average Bonchev–Trinajstić information content (AvgIpc) is 0.722. The van der Waals surface area contributed by atoms with Gasteiger partial charge in [-0.25, -0.2) is 0 Å². The van der Waals surface area contributed by atoms with E-state index >= 15 is 0 Å². The fraction of sp³-hybridized carbons (Fsp3) is 0. The summed E-state index contributed by atoms with van der Waals surface area (Å²) < 4.78 is 33.2. The second-order valence-corrected chi connectivity index (χ2v) is 2.66. The Morgan fingerprint density at radius 2 is 1.17 bits per heavy atom. The van der Waals surface area contributed by atoms with Crippen LogP contribution in [-0.2, 0) is 0 Å². The van der Waals surface area contributed by atoms with Gasteiger partial charge in [0.1, 0.15) is 0 Å². The minimum absolute atomic E-state index is 0. The molecule has 0 bridgehead atoms. The van der Waals surface area contributed by atoms with E-state index in [0.717, 1.165) is 0 Å². The minimum atomic E-state index is -5.69. The van der Waals surface area contributed by atoms with Crippen LogP contribution >= 0.6 is 0 Å². The maximum absolute atomic E-state index is 8.73. The zero-order valence-corrected chi connectivity index (χ0v) is 10.1. The van der Waals surface area contributed by atoms with E-state index < -0.39 is 20.1 Å². The molecule has 1 radical (unpaired) electrons. The molecule has 0 spiro atoms. The Kier molecular flexibility index (Phi) is 7.98. The first-order valence-electron chi connectivity index (χ1n) is 0.632. The van der Waals surface area contributed by atoms with Gasteiger partial charge in [-0.05, 0) is 0 Å². The van der Waals surface area contributed by atoms with Crippen molar-refractivity contribution in [2.45, 2.75) is 0 Å². The summed E-state index contributed by atoms with van der Waals surface area (Å²) in [5, 5.41) is 0. The summed E-state index contributed by atoms with van der Waals surface area (Å²) >= 11 is -5.69. The molecule has 0 rings (SSSR count).